The fourth-order valence-corrected chi connectivity index (χ4v) is 5.97. The second-order valence-electron chi connectivity index (χ2n) is 11.1. The van der Waals surface area contributed by atoms with Crippen LogP contribution in [-0.4, -0.2) is 123 Å². The number of alkyl halides is 8. The fourth-order valence-electron chi connectivity index (χ4n) is 5.58. The van der Waals surface area contributed by atoms with Crippen molar-refractivity contribution in [2.75, 3.05) is 52.4 Å². The minimum Gasteiger partial charge on any atom is -0.412 e. The lowest BCUT2D eigenvalue weighted by Gasteiger charge is -2.41. The number of hydrogen-bond donors (Lipinski definition) is 2. The summed E-state index contributed by atoms with van der Waals surface area (Å²) in [6.45, 7) is 5.79. The molecule has 256 valence electrons. The Labute approximate surface area is 270 Å². The summed E-state index contributed by atoms with van der Waals surface area (Å²) >= 11 is 12.1. The van der Waals surface area contributed by atoms with Gasteiger partial charge in [-0.1, -0.05) is 60.7 Å². The molecular formula is C30H42Cl2F6N4O3. The molecule has 4 N–H and O–H groups in total. The Kier molecular flexibility index (Phi) is 15.3. The van der Waals surface area contributed by atoms with Crippen LogP contribution >= 0.6 is 23.2 Å². The first-order chi connectivity index (χ1) is 20.6. The van der Waals surface area contributed by atoms with Crippen LogP contribution in [-0.2, 0) is 0 Å². The van der Waals surface area contributed by atoms with Crippen molar-refractivity contribution in [3.8, 4) is 0 Å². The zero-order valence-corrected chi connectivity index (χ0v) is 26.6. The third kappa shape index (κ3) is 11.2. The summed E-state index contributed by atoms with van der Waals surface area (Å²) in [6.07, 6.45) is -10.1. The van der Waals surface area contributed by atoms with Gasteiger partial charge in [-0.05, 0) is 25.0 Å². The zero-order valence-electron chi connectivity index (χ0n) is 25.1. The molecule has 2 aromatic carbocycles. The van der Waals surface area contributed by atoms with Crippen LogP contribution in [0.5, 0.6) is 0 Å². The average molecular weight is 692 g/mol. The van der Waals surface area contributed by atoms with Gasteiger partial charge in [0.1, 0.15) is 23.1 Å². The largest absolute Gasteiger partial charge is 0.412 e. The number of aliphatic hydroxyl groups excluding tert-OH is 2. The Bertz CT molecular complexity index is 1010. The van der Waals surface area contributed by atoms with E-state index in [4.69, 9.17) is 23.2 Å². The van der Waals surface area contributed by atoms with Crippen LogP contribution in [0, 0.1) is 0 Å². The summed E-state index contributed by atoms with van der Waals surface area (Å²) in [6, 6.07) is 12.7. The van der Waals surface area contributed by atoms with Gasteiger partial charge in [0.15, 0.2) is 0 Å². The van der Waals surface area contributed by atoms with Gasteiger partial charge in [0.2, 0.25) is 0 Å². The SMILES string of the molecule is CC(O)C(Cl)N1CCN(C(c2ccccc2)C(F)(F)F)CC1.CC(O)C(Cl)N1CCN(C(c2ccccc2)C(F)(F)F)CC1.O. The molecule has 6 atom stereocenters. The number of aliphatic hydroxyl groups is 2. The first-order valence-electron chi connectivity index (χ1n) is 14.4. The van der Waals surface area contributed by atoms with Crippen molar-refractivity contribution in [2.24, 2.45) is 0 Å². The zero-order chi connectivity index (χ0) is 32.7. The van der Waals surface area contributed by atoms with Gasteiger partial charge in [0.25, 0.3) is 0 Å². The molecule has 0 spiro atoms. The first-order valence-corrected chi connectivity index (χ1v) is 15.3. The molecule has 2 fully saturated rings. The van der Waals surface area contributed by atoms with Gasteiger partial charge in [-0.25, -0.2) is 0 Å². The summed E-state index contributed by atoms with van der Waals surface area (Å²) in [5, 5.41) is 19.0. The third-order valence-electron chi connectivity index (χ3n) is 7.77. The molecule has 2 aliphatic heterocycles. The Balaban J connectivity index is 0.000000307. The molecule has 45 heavy (non-hydrogen) atoms. The summed E-state index contributed by atoms with van der Waals surface area (Å²) in [5.41, 5.74) is -0.630. The molecule has 15 heteroatoms. The molecule has 2 aliphatic rings. The van der Waals surface area contributed by atoms with E-state index in [-0.39, 0.29) is 42.8 Å². The topological polar surface area (TPSA) is 84.9 Å². The van der Waals surface area contributed by atoms with Crippen molar-refractivity contribution >= 4 is 23.2 Å². The van der Waals surface area contributed by atoms with Crippen molar-refractivity contribution in [3.63, 3.8) is 0 Å². The molecule has 2 saturated heterocycles. The van der Waals surface area contributed by atoms with Crippen molar-refractivity contribution in [3.05, 3.63) is 71.8 Å². The van der Waals surface area contributed by atoms with Gasteiger partial charge in [0.05, 0.1) is 12.2 Å². The number of nitrogens with zero attached hydrogens (tertiary/aromatic N) is 4. The summed E-state index contributed by atoms with van der Waals surface area (Å²) in [7, 11) is 0. The van der Waals surface area contributed by atoms with Crippen molar-refractivity contribution < 1.29 is 42.0 Å². The van der Waals surface area contributed by atoms with Gasteiger partial charge in [-0.2, -0.15) is 26.3 Å². The number of benzene rings is 2. The fraction of sp³-hybridized carbons (Fsp3) is 0.600. The summed E-state index contributed by atoms with van der Waals surface area (Å²) in [4.78, 5) is 6.47. The van der Waals surface area contributed by atoms with E-state index in [2.05, 4.69) is 0 Å². The predicted octanol–water partition coefficient (Wildman–Crippen LogP) is 4.88. The van der Waals surface area contributed by atoms with E-state index in [1.165, 1.54) is 34.1 Å². The highest BCUT2D eigenvalue weighted by Crippen LogP contribution is 2.39. The average Bonchev–Trinajstić information content (AvgIpc) is 2.97. The van der Waals surface area contributed by atoms with E-state index < -0.39 is 47.6 Å². The molecule has 7 nitrogen and oxygen atoms in total. The number of halogens is 8. The van der Waals surface area contributed by atoms with E-state index in [1.807, 2.05) is 0 Å². The first kappa shape index (κ1) is 39.5. The summed E-state index contributed by atoms with van der Waals surface area (Å²) in [5.74, 6) is 0. The van der Waals surface area contributed by atoms with E-state index in [0.717, 1.165) is 0 Å². The van der Waals surface area contributed by atoms with Gasteiger partial charge in [-0.15, -0.1) is 23.2 Å². The molecule has 0 saturated carbocycles. The Morgan fingerprint density at radius 3 is 1.00 bits per heavy atom. The van der Waals surface area contributed by atoms with Gasteiger partial charge in [0, 0.05) is 52.4 Å². The van der Waals surface area contributed by atoms with E-state index in [1.54, 1.807) is 60.0 Å². The highest BCUT2D eigenvalue weighted by Gasteiger charge is 2.46. The number of hydrogen-bond acceptors (Lipinski definition) is 6. The standard InChI is InChI=1S/2C15H20ClF3N2O.H2O/c2*1-11(22)14(16)21-9-7-20(8-10-21)13(15(17,18)19)12-5-3-2-4-6-12;/h2*2-6,11,13-14,22H,7-10H2,1H3;1H2. The second-order valence-corrected chi connectivity index (χ2v) is 12.0. The molecule has 0 amide bonds. The molecule has 0 bridgehead atoms. The minimum atomic E-state index is -4.33. The lowest BCUT2D eigenvalue weighted by atomic mass is 10.0. The normalized spacial score (nSPS) is 21.8. The molecule has 0 aliphatic carbocycles. The maximum Gasteiger partial charge on any atom is 0.408 e. The van der Waals surface area contributed by atoms with Crippen LogP contribution in [0.25, 0.3) is 0 Å². The Morgan fingerprint density at radius 2 is 0.778 bits per heavy atom. The van der Waals surface area contributed by atoms with Gasteiger partial charge >= 0.3 is 12.4 Å². The smallest absolute Gasteiger partial charge is 0.408 e. The predicted molar refractivity (Wildman–Crippen MR) is 163 cm³/mol. The van der Waals surface area contributed by atoms with Crippen LogP contribution < -0.4 is 0 Å². The highest BCUT2D eigenvalue weighted by atomic mass is 35.5. The maximum atomic E-state index is 13.5. The summed E-state index contributed by atoms with van der Waals surface area (Å²) < 4.78 is 80.7. The lowest BCUT2D eigenvalue weighted by Crippen LogP contribution is -2.54. The minimum absolute atomic E-state index is 0. The molecule has 6 unspecified atom stereocenters. The maximum absolute atomic E-state index is 13.5. The second kappa shape index (κ2) is 17.5. The molecular weight excluding hydrogens is 649 g/mol. The lowest BCUT2D eigenvalue weighted by molar-refractivity contribution is -0.191. The molecule has 2 heterocycles. The number of rotatable bonds is 8. The molecule has 2 aromatic rings. The van der Waals surface area contributed by atoms with E-state index >= 15 is 0 Å². The van der Waals surface area contributed by atoms with E-state index in [9.17, 15) is 36.6 Å². The van der Waals surface area contributed by atoms with E-state index in [0.29, 0.717) is 26.2 Å². The van der Waals surface area contributed by atoms with Gasteiger partial charge < -0.3 is 15.7 Å². The van der Waals surface area contributed by atoms with Crippen LogP contribution in [0.3, 0.4) is 0 Å². The highest BCUT2D eigenvalue weighted by molar-refractivity contribution is 6.20. The Hall–Kier alpha value is -1.68. The molecule has 4 rings (SSSR count). The molecule has 0 aromatic heterocycles. The Morgan fingerprint density at radius 1 is 0.533 bits per heavy atom. The van der Waals surface area contributed by atoms with Crippen LogP contribution in [0.2, 0.25) is 0 Å². The van der Waals surface area contributed by atoms with Crippen LogP contribution in [0.15, 0.2) is 60.7 Å². The molecule has 0 radical (unpaired) electrons. The quantitative estimate of drug-likeness (QED) is 0.234. The third-order valence-corrected chi connectivity index (χ3v) is 9.05. The van der Waals surface area contributed by atoms with Crippen LogP contribution in [0.1, 0.15) is 37.1 Å². The van der Waals surface area contributed by atoms with Crippen molar-refractivity contribution in [1.29, 1.82) is 0 Å². The van der Waals surface area contributed by atoms with Gasteiger partial charge in [-0.3, -0.25) is 19.6 Å². The van der Waals surface area contributed by atoms with Crippen LogP contribution in [0.4, 0.5) is 26.3 Å². The number of piperazine rings is 2. The monoisotopic (exact) mass is 690 g/mol. The van der Waals surface area contributed by atoms with Crippen molar-refractivity contribution in [2.45, 2.75) is 61.5 Å². The van der Waals surface area contributed by atoms with Crippen molar-refractivity contribution in [1.82, 2.24) is 19.6 Å².